The van der Waals surface area contributed by atoms with Crippen molar-refractivity contribution in [3.05, 3.63) is 32.5 Å². The number of sulfone groups is 1. The molecule has 0 spiro atoms. The van der Waals surface area contributed by atoms with Crippen molar-refractivity contribution in [3.63, 3.8) is 0 Å². The molecule has 3 rings (SSSR count). The molecule has 1 saturated carbocycles. The van der Waals surface area contributed by atoms with Gasteiger partial charge < -0.3 is 4.43 Å². The minimum atomic E-state index is -3.67. The van der Waals surface area contributed by atoms with Crippen molar-refractivity contribution in [2.24, 2.45) is 0 Å². The Balaban J connectivity index is 2.03. The molecule has 1 heterocycles. The van der Waals surface area contributed by atoms with Crippen LogP contribution >= 0.6 is 15.9 Å². The second kappa shape index (κ2) is 7.28. The average molecular weight is 502 g/mol. The summed E-state index contributed by atoms with van der Waals surface area (Å²) in [6, 6.07) is 3.37. The molecule has 0 atom stereocenters. The Morgan fingerprint density at radius 3 is 2.34 bits per heavy atom. The van der Waals surface area contributed by atoms with Crippen molar-refractivity contribution >= 4 is 45.0 Å². The zero-order chi connectivity index (χ0) is 21.9. The zero-order valence-electron chi connectivity index (χ0n) is 18.0. The number of hydrogen-bond acceptors (Lipinski definition) is 5. The Hall–Kier alpha value is -1.03. The fourth-order valence-electron chi connectivity index (χ4n) is 3.40. The summed E-state index contributed by atoms with van der Waals surface area (Å²) in [7, 11) is -5.59. The lowest BCUT2D eigenvalue weighted by molar-refractivity contribution is 0.0521. The Kier molecular flexibility index (Phi) is 5.69. The van der Waals surface area contributed by atoms with E-state index in [0.717, 1.165) is 11.8 Å². The normalized spacial score (nSPS) is 20.7. The van der Waals surface area contributed by atoms with Crippen LogP contribution in [0.15, 0.2) is 26.6 Å². The molecule has 1 fully saturated rings. The van der Waals surface area contributed by atoms with Crippen molar-refractivity contribution in [3.8, 4) is 0 Å². The summed E-state index contributed by atoms with van der Waals surface area (Å²) in [4.78, 5) is 17.7. The number of hydrogen-bond donors (Lipinski definition) is 0. The summed E-state index contributed by atoms with van der Waals surface area (Å²) in [5, 5.41) is 0.356. The maximum absolute atomic E-state index is 13.3. The molecule has 0 unspecified atom stereocenters. The van der Waals surface area contributed by atoms with Crippen LogP contribution in [0.4, 0.5) is 0 Å². The molecule has 1 aromatic heterocycles. The predicted octanol–water partition coefficient (Wildman–Crippen LogP) is 4.60. The first-order chi connectivity index (χ1) is 13.1. The van der Waals surface area contributed by atoms with Crippen molar-refractivity contribution < 1.29 is 12.8 Å². The lowest BCUT2D eigenvalue weighted by Gasteiger charge is -2.45. The van der Waals surface area contributed by atoms with E-state index < -0.39 is 18.2 Å². The van der Waals surface area contributed by atoms with Crippen LogP contribution in [0.2, 0.25) is 18.1 Å². The molecule has 0 saturated heterocycles. The van der Waals surface area contributed by atoms with Gasteiger partial charge in [0.15, 0.2) is 8.32 Å². The van der Waals surface area contributed by atoms with Gasteiger partial charge in [0.25, 0.3) is 5.56 Å². The molecule has 0 amide bonds. The number of rotatable bonds is 4. The van der Waals surface area contributed by atoms with E-state index in [1.165, 1.54) is 4.57 Å². The summed E-state index contributed by atoms with van der Waals surface area (Å²) in [5.74, 6) is 0. The first-order valence-corrected chi connectivity index (χ1v) is 15.3. The van der Waals surface area contributed by atoms with Crippen molar-refractivity contribution in [2.45, 2.75) is 76.0 Å². The van der Waals surface area contributed by atoms with Gasteiger partial charge in [0.05, 0.1) is 10.9 Å². The molecule has 0 bridgehead atoms. The van der Waals surface area contributed by atoms with Crippen LogP contribution in [-0.2, 0) is 14.3 Å². The lowest BCUT2D eigenvalue weighted by Crippen LogP contribution is -2.49. The second-order valence-electron chi connectivity index (χ2n) is 9.61. The van der Waals surface area contributed by atoms with Gasteiger partial charge in [-0.2, -0.15) is 0 Å². The molecule has 0 radical (unpaired) electrons. The summed E-state index contributed by atoms with van der Waals surface area (Å²) in [5.41, 5.74) is 0.982. The van der Waals surface area contributed by atoms with Crippen LogP contribution in [0.5, 0.6) is 0 Å². The fourth-order valence-corrected chi connectivity index (χ4v) is 6.29. The van der Waals surface area contributed by atoms with Gasteiger partial charge in [0.2, 0.25) is 15.0 Å². The van der Waals surface area contributed by atoms with E-state index in [9.17, 15) is 13.2 Å². The highest BCUT2D eigenvalue weighted by atomic mass is 79.9. The summed E-state index contributed by atoms with van der Waals surface area (Å²) in [6.45, 7) is 12.9. The van der Waals surface area contributed by atoms with E-state index in [1.807, 2.05) is 13.0 Å². The van der Waals surface area contributed by atoms with Gasteiger partial charge in [0.1, 0.15) is 0 Å². The third-order valence-electron chi connectivity index (χ3n) is 6.10. The summed E-state index contributed by atoms with van der Waals surface area (Å²) >= 11 is 3.42. The maximum atomic E-state index is 13.3. The fraction of sp³-hybridized carbons (Fsp3) is 0.600. The number of fused-ring (bicyclic) bond motifs is 1. The largest absolute Gasteiger partial charge is 0.414 e. The van der Waals surface area contributed by atoms with Crippen molar-refractivity contribution in [1.82, 2.24) is 9.55 Å². The molecule has 1 aromatic carbocycles. The molecule has 1 aliphatic rings. The van der Waals surface area contributed by atoms with Crippen LogP contribution in [-0.4, -0.2) is 38.6 Å². The van der Waals surface area contributed by atoms with E-state index in [0.29, 0.717) is 28.2 Å². The Morgan fingerprint density at radius 1 is 1.24 bits per heavy atom. The van der Waals surface area contributed by atoms with Gasteiger partial charge in [-0.05, 0) is 71.5 Å². The van der Waals surface area contributed by atoms with Crippen molar-refractivity contribution in [2.75, 3.05) is 6.26 Å². The lowest BCUT2D eigenvalue weighted by atomic mass is 9.89. The van der Waals surface area contributed by atoms with Gasteiger partial charge in [-0.25, -0.2) is 13.4 Å². The van der Waals surface area contributed by atoms with E-state index in [-0.39, 0.29) is 27.9 Å². The molecule has 1 aliphatic carbocycles. The monoisotopic (exact) mass is 500 g/mol. The number of aryl methyl sites for hydroxylation is 1. The average Bonchev–Trinajstić information content (AvgIpc) is 2.49. The SMILES string of the molecule is Cc1cc(Br)c2nc(S(C)(=O)=O)n(C3CC(O[Si](C)(C)C(C)(C)C)C3)c(=O)c2c1. The van der Waals surface area contributed by atoms with Gasteiger partial charge in [-0.15, -0.1) is 0 Å². The number of halogens is 1. The maximum Gasteiger partial charge on any atom is 0.262 e. The molecule has 0 N–H and O–H groups in total. The minimum absolute atomic E-state index is 0.0418. The van der Waals surface area contributed by atoms with Crippen molar-refractivity contribution in [1.29, 1.82) is 0 Å². The third-order valence-corrected chi connectivity index (χ3v) is 12.2. The Bertz CT molecular complexity index is 1130. The quantitative estimate of drug-likeness (QED) is 0.452. The van der Waals surface area contributed by atoms with Crippen LogP contribution in [0.25, 0.3) is 10.9 Å². The number of aromatic nitrogens is 2. The Morgan fingerprint density at radius 2 is 1.83 bits per heavy atom. The molecular formula is C20H29BrN2O4SSi. The molecule has 6 nitrogen and oxygen atoms in total. The summed E-state index contributed by atoms with van der Waals surface area (Å²) in [6.07, 6.45) is 2.38. The van der Waals surface area contributed by atoms with Crippen LogP contribution < -0.4 is 5.56 Å². The molecule has 0 aliphatic heterocycles. The van der Waals surface area contributed by atoms with Crippen LogP contribution in [0.1, 0.15) is 45.2 Å². The first-order valence-electron chi connectivity index (χ1n) is 9.72. The van der Waals surface area contributed by atoms with Gasteiger partial charge in [0, 0.05) is 22.9 Å². The van der Waals surface area contributed by atoms with E-state index in [4.69, 9.17) is 4.43 Å². The predicted molar refractivity (Wildman–Crippen MR) is 122 cm³/mol. The molecule has 2 aromatic rings. The standard InChI is InChI=1S/C20H29BrN2O4SSi/c1-12-8-15-17(16(21)9-12)22-19(28(5,25)26)23(18(15)24)13-10-14(11-13)27-29(6,7)20(2,3)4/h8-9,13-14H,10-11H2,1-7H3. The highest BCUT2D eigenvalue weighted by molar-refractivity contribution is 9.10. The molecule has 160 valence electrons. The highest BCUT2D eigenvalue weighted by Crippen LogP contribution is 2.43. The third kappa shape index (κ3) is 4.24. The van der Waals surface area contributed by atoms with E-state index in [2.05, 4.69) is 54.8 Å². The van der Waals surface area contributed by atoms with Crippen LogP contribution in [0, 0.1) is 6.92 Å². The molecular weight excluding hydrogens is 472 g/mol. The second-order valence-corrected chi connectivity index (χ2v) is 17.1. The van der Waals surface area contributed by atoms with E-state index in [1.54, 1.807) is 6.07 Å². The zero-order valence-corrected chi connectivity index (χ0v) is 21.4. The smallest absolute Gasteiger partial charge is 0.262 e. The highest BCUT2D eigenvalue weighted by Gasteiger charge is 2.44. The topological polar surface area (TPSA) is 78.3 Å². The minimum Gasteiger partial charge on any atom is -0.414 e. The molecule has 29 heavy (non-hydrogen) atoms. The first kappa shape index (κ1) is 22.6. The Labute approximate surface area is 181 Å². The summed E-state index contributed by atoms with van der Waals surface area (Å²) < 4.78 is 33.3. The molecule has 9 heteroatoms. The van der Waals surface area contributed by atoms with Gasteiger partial charge in [-0.3, -0.25) is 9.36 Å². The van der Waals surface area contributed by atoms with E-state index >= 15 is 0 Å². The number of benzene rings is 1. The van der Waals surface area contributed by atoms with Crippen LogP contribution in [0.3, 0.4) is 0 Å². The van der Waals surface area contributed by atoms with Gasteiger partial charge >= 0.3 is 0 Å². The number of nitrogens with zero attached hydrogens (tertiary/aromatic N) is 2. The van der Waals surface area contributed by atoms with Gasteiger partial charge in [-0.1, -0.05) is 20.8 Å².